The van der Waals surface area contributed by atoms with Gasteiger partial charge in [-0.2, -0.15) is 0 Å². The number of hydrogen-bond acceptors (Lipinski definition) is 2. The monoisotopic (exact) mass is 365 g/mol. The van der Waals surface area contributed by atoms with E-state index in [9.17, 15) is 0 Å². The number of halogens is 1. The number of benzene rings is 3. The lowest BCUT2D eigenvalue weighted by molar-refractivity contribution is 1.14. The van der Waals surface area contributed by atoms with Crippen LogP contribution in [0.2, 0.25) is 5.02 Å². The van der Waals surface area contributed by atoms with Crippen LogP contribution in [0, 0.1) is 6.92 Å². The predicted molar refractivity (Wildman–Crippen MR) is 113 cm³/mol. The molecule has 0 aliphatic carbocycles. The number of rotatable bonds is 5. The molecule has 0 aliphatic rings. The van der Waals surface area contributed by atoms with Crippen molar-refractivity contribution in [1.82, 2.24) is 0 Å². The molecule has 0 radical (unpaired) electrons. The van der Waals surface area contributed by atoms with E-state index < -0.39 is 0 Å². The first-order valence-electron chi connectivity index (χ1n) is 8.35. The number of hydrogen-bond donors (Lipinski definition) is 1. The minimum atomic E-state index is 0.659. The largest absolute Gasteiger partial charge is 0.355 e. The summed E-state index contributed by atoms with van der Waals surface area (Å²) in [5.41, 5.74) is 6.44. The normalized spacial score (nSPS) is 10.5. The Morgan fingerprint density at radius 3 is 2.40 bits per heavy atom. The Kier molecular flexibility index (Phi) is 5.52. The molecule has 0 heterocycles. The van der Waals surface area contributed by atoms with Gasteiger partial charge >= 0.3 is 0 Å². The number of aryl methyl sites for hydroxylation is 2. The van der Waals surface area contributed by atoms with Crippen molar-refractivity contribution in [3.8, 4) is 0 Å². The second-order valence-corrected chi connectivity index (χ2v) is 6.79. The van der Waals surface area contributed by atoms with Gasteiger partial charge in [0.25, 0.3) is 0 Å². The summed E-state index contributed by atoms with van der Waals surface area (Å²) in [7, 11) is 0. The molecule has 3 rings (SSSR count). The summed E-state index contributed by atoms with van der Waals surface area (Å²) in [4.78, 5) is 0.781. The van der Waals surface area contributed by atoms with Crippen LogP contribution in [0.3, 0.4) is 0 Å². The summed E-state index contributed by atoms with van der Waals surface area (Å²) in [5.74, 6) is 0. The van der Waals surface area contributed by atoms with Crippen molar-refractivity contribution in [3.63, 3.8) is 0 Å². The summed E-state index contributed by atoms with van der Waals surface area (Å²) in [6, 6.07) is 22.4. The Morgan fingerprint density at radius 1 is 0.960 bits per heavy atom. The zero-order valence-corrected chi connectivity index (χ0v) is 15.9. The maximum absolute atomic E-state index is 6.54. The minimum Gasteiger partial charge on any atom is -0.355 e. The Balaban J connectivity index is 1.89. The van der Waals surface area contributed by atoms with Crippen LogP contribution in [-0.2, 0) is 6.42 Å². The van der Waals surface area contributed by atoms with Crippen molar-refractivity contribution in [2.75, 3.05) is 5.32 Å². The molecule has 0 spiro atoms. The highest BCUT2D eigenvalue weighted by Crippen LogP contribution is 2.28. The lowest BCUT2D eigenvalue weighted by Gasteiger charge is -2.14. The van der Waals surface area contributed by atoms with E-state index in [-0.39, 0.29) is 0 Å². The van der Waals surface area contributed by atoms with Crippen molar-refractivity contribution in [1.29, 1.82) is 0 Å². The quantitative estimate of drug-likeness (QED) is 0.397. The van der Waals surface area contributed by atoms with Crippen molar-refractivity contribution in [2.45, 2.75) is 20.3 Å². The molecule has 0 bridgehead atoms. The van der Waals surface area contributed by atoms with Gasteiger partial charge in [0.05, 0.1) is 9.89 Å². The third kappa shape index (κ3) is 3.92. The highest BCUT2D eigenvalue weighted by molar-refractivity contribution is 7.81. The van der Waals surface area contributed by atoms with Crippen LogP contribution in [0.5, 0.6) is 0 Å². The van der Waals surface area contributed by atoms with E-state index in [2.05, 4.69) is 43.4 Å². The molecule has 0 fully saturated rings. The fourth-order valence-corrected chi connectivity index (χ4v) is 3.59. The van der Waals surface area contributed by atoms with Gasteiger partial charge in [-0.3, -0.25) is 0 Å². The second kappa shape index (κ2) is 7.81. The van der Waals surface area contributed by atoms with E-state index in [1.54, 1.807) is 0 Å². The third-order valence-electron chi connectivity index (χ3n) is 4.28. The first-order valence-corrected chi connectivity index (χ1v) is 9.13. The SMILES string of the molecule is CCc1ccccc1Nc1ccc(C(=S)c2ccccc2C)c(Cl)c1. The van der Waals surface area contributed by atoms with Gasteiger partial charge in [-0.25, -0.2) is 0 Å². The van der Waals surface area contributed by atoms with Gasteiger partial charge in [-0.1, -0.05) is 73.2 Å². The molecule has 3 aromatic carbocycles. The van der Waals surface area contributed by atoms with Gasteiger partial charge in [-0.05, 0) is 54.3 Å². The number of para-hydroxylation sites is 1. The summed E-state index contributed by atoms with van der Waals surface area (Å²) in [6.07, 6.45) is 0.979. The first-order chi connectivity index (χ1) is 12.1. The number of nitrogens with one attached hydrogen (secondary N) is 1. The van der Waals surface area contributed by atoms with E-state index >= 15 is 0 Å². The van der Waals surface area contributed by atoms with Crippen LogP contribution in [0.25, 0.3) is 0 Å². The number of thiocarbonyl (C=S) groups is 1. The average molecular weight is 366 g/mol. The zero-order chi connectivity index (χ0) is 17.8. The van der Waals surface area contributed by atoms with Gasteiger partial charge < -0.3 is 5.32 Å². The highest BCUT2D eigenvalue weighted by atomic mass is 35.5. The van der Waals surface area contributed by atoms with Crippen LogP contribution in [0.15, 0.2) is 66.7 Å². The van der Waals surface area contributed by atoms with Gasteiger partial charge in [0.2, 0.25) is 0 Å². The minimum absolute atomic E-state index is 0.659. The highest BCUT2D eigenvalue weighted by Gasteiger charge is 2.12. The Morgan fingerprint density at radius 2 is 1.68 bits per heavy atom. The summed E-state index contributed by atoms with van der Waals surface area (Å²) < 4.78 is 0. The van der Waals surface area contributed by atoms with Crippen molar-refractivity contribution in [3.05, 3.63) is 94.0 Å². The molecule has 0 saturated carbocycles. The average Bonchev–Trinajstić information content (AvgIpc) is 2.62. The molecule has 25 heavy (non-hydrogen) atoms. The topological polar surface area (TPSA) is 12.0 Å². The molecule has 3 aromatic rings. The first kappa shape index (κ1) is 17.7. The lowest BCUT2D eigenvalue weighted by atomic mass is 10.00. The Labute approximate surface area is 159 Å². The fraction of sp³-hybridized carbons (Fsp3) is 0.136. The maximum atomic E-state index is 6.54. The van der Waals surface area contributed by atoms with Gasteiger partial charge in [0.15, 0.2) is 0 Å². The second-order valence-electron chi connectivity index (χ2n) is 5.97. The molecule has 126 valence electrons. The van der Waals surface area contributed by atoms with Crippen molar-refractivity contribution in [2.24, 2.45) is 0 Å². The van der Waals surface area contributed by atoms with Gasteiger partial charge in [0, 0.05) is 16.9 Å². The molecule has 0 saturated heterocycles. The molecule has 3 heteroatoms. The summed E-state index contributed by atoms with van der Waals surface area (Å²) >= 11 is 12.2. The number of anilines is 2. The van der Waals surface area contributed by atoms with Crippen molar-refractivity contribution >= 4 is 40.1 Å². The maximum Gasteiger partial charge on any atom is 0.0539 e. The van der Waals surface area contributed by atoms with Gasteiger partial charge in [-0.15, -0.1) is 0 Å². The van der Waals surface area contributed by atoms with Crippen LogP contribution in [-0.4, -0.2) is 4.86 Å². The van der Waals surface area contributed by atoms with Gasteiger partial charge in [0.1, 0.15) is 0 Å². The van der Waals surface area contributed by atoms with E-state index in [4.69, 9.17) is 23.8 Å². The molecule has 1 N–H and O–H groups in total. The molecule has 0 atom stereocenters. The van der Waals surface area contributed by atoms with E-state index in [0.717, 1.165) is 39.4 Å². The summed E-state index contributed by atoms with van der Waals surface area (Å²) in [5, 5.41) is 4.11. The molecule has 0 unspecified atom stereocenters. The molecule has 0 aliphatic heterocycles. The van der Waals surface area contributed by atoms with E-state index in [0.29, 0.717) is 5.02 Å². The molecular formula is C22H20ClNS. The smallest absolute Gasteiger partial charge is 0.0539 e. The molecule has 0 amide bonds. The van der Waals surface area contributed by atoms with Crippen molar-refractivity contribution < 1.29 is 0 Å². The summed E-state index contributed by atoms with van der Waals surface area (Å²) in [6.45, 7) is 4.21. The standard InChI is InChI=1S/C22H20ClNS/c1-3-16-9-5-7-11-21(16)24-17-12-13-19(20(23)14-17)22(25)18-10-6-4-8-15(18)2/h4-14,24H,3H2,1-2H3. The Hall–Kier alpha value is -2.16. The molecule has 1 nitrogen and oxygen atoms in total. The van der Waals surface area contributed by atoms with E-state index in [1.165, 1.54) is 5.56 Å². The lowest BCUT2D eigenvalue weighted by Crippen LogP contribution is -2.03. The third-order valence-corrected chi connectivity index (χ3v) is 5.03. The van der Waals surface area contributed by atoms with E-state index in [1.807, 2.05) is 42.5 Å². The predicted octanol–water partition coefficient (Wildman–Crippen LogP) is 6.72. The van der Waals surface area contributed by atoms with Crippen LogP contribution in [0.1, 0.15) is 29.2 Å². The molecule has 0 aromatic heterocycles. The zero-order valence-electron chi connectivity index (χ0n) is 14.3. The molecular weight excluding hydrogens is 346 g/mol. The van der Waals surface area contributed by atoms with Crippen LogP contribution >= 0.6 is 23.8 Å². The van der Waals surface area contributed by atoms with Crippen LogP contribution < -0.4 is 5.32 Å². The van der Waals surface area contributed by atoms with Crippen LogP contribution in [0.4, 0.5) is 11.4 Å². The fourth-order valence-electron chi connectivity index (χ4n) is 2.86. The Bertz CT molecular complexity index is 917.